The SMILES string of the molecule is Cn1c(CCNC(=O)[C@@H]2C[C@H]2c2c(F)cccc2F)n[nH]c1=S. The van der Waals surface area contributed by atoms with Crippen molar-refractivity contribution in [3.8, 4) is 0 Å². The van der Waals surface area contributed by atoms with E-state index in [2.05, 4.69) is 15.5 Å². The molecule has 0 aliphatic heterocycles. The van der Waals surface area contributed by atoms with Crippen molar-refractivity contribution in [3.05, 3.63) is 46.0 Å². The molecule has 1 saturated carbocycles. The van der Waals surface area contributed by atoms with E-state index in [-0.39, 0.29) is 23.3 Å². The summed E-state index contributed by atoms with van der Waals surface area (Å²) in [6.45, 7) is 0.398. The van der Waals surface area contributed by atoms with Gasteiger partial charge in [-0.05, 0) is 30.8 Å². The molecule has 0 bridgehead atoms. The summed E-state index contributed by atoms with van der Waals surface area (Å²) in [4.78, 5) is 12.1. The zero-order valence-electron chi connectivity index (χ0n) is 12.5. The third-order valence-electron chi connectivity index (χ3n) is 4.12. The Bertz CT molecular complexity index is 781. The Labute approximate surface area is 136 Å². The summed E-state index contributed by atoms with van der Waals surface area (Å²) >= 11 is 5.01. The summed E-state index contributed by atoms with van der Waals surface area (Å²) < 4.78 is 29.7. The molecule has 1 aromatic heterocycles. The second-order valence-electron chi connectivity index (χ2n) is 5.63. The van der Waals surface area contributed by atoms with E-state index < -0.39 is 11.6 Å². The molecule has 8 heteroatoms. The summed E-state index contributed by atoms with van der Waals surface area (Å²) in [5.74, 6) is -1.38. The van der Waals surface area contributed by atoms with Gasteiger partial charge in [0.1, 0.15) is 17.5 Å². The molecular formula is C15H16F2N4OS. The van der Waals surface area contributed by atoms with E-state index in [0.29, 0.717) is 24.2 Å². The third kappa shape index (κ3) is 3.17. The Morgan fingerprint density at radius 1 is 1.48 bits per heavy atom. The van der Waals surface area contributed by atoms with Gasteiger partial charge in [-0.15, -0.1) is 0 Å². The van der Waals surface area contributed by atoms with Crippen LogP contribution in [0, 0.1) is 22.3 Å². The number of amides is 1. The van der Waals surface area contributed by atoms with Crippen LogP contribution in [0.3, 0.4) is 0 Å². The quantitative estimate of drug-likeness (QED) is 0.822. The Kier molecular flexibility index (Phi) is 4.25. The summed E-state index contributed by atoms with van der Waals surface area (Å²) in [5.41, 5.74) is 0.0158. The number of hydrogen-bond acceptors (Lipinski definition) is 3. The van der Waals surface area contributed by atoms with Crippen molar-refractivity contribution in [2.75, 3.05) is 6.54 Å². The lowest BCUT2D eigenvalue weighted by atomic mass is 10.1. The molecule has 1 fully saturated rings. The Morgan fingerprint density at radius 3 is 2.78 bits per heavy atom. The van der Waals surface area contributed by atoms with Gasteiger partial charge in [0.2, 0.25) is 5.91 Å². The van der Waals surface area contributed by atoms with Gasteiger partial charge in [-0.25, -0.2) is 8.78 Å². The molecule has 0 unspecified atom stereocenters. The molecule has 5 nitrogen and oxygen atoms in total. The van der Waals surface area contributed by atoms with Crippen LogP contribution in [0.5, 0.6) is 0 Å². The number of hydrogen-bond donors (Lipinski definition) is 2. The molecule has 2 aromatic rings. The fourth-order valence-electron chi connectivity index (χ4n) is 2.70. The summed E-state index contributed by atoms with van der Waals surface area (Å²) in [7, 11) is 1.79. The molecule has 1 aliphatic rings. The first-order valence-electron chi connectivity index (χ1n) is 7.31. The van der Waals surface area contributed by atoms with E-state index in [1.54, 1.807) is 11.6 Å². The van der Waals surface area contributed by atoms with E-state index >= 15 is 0 Å². The standard InChI is InChI=1S/C15H16F2N4OS/c1-21-12(19-20-15(21)23)5-6-18-14(22)9-7-8(9)13-10(16)3-2-4-11(13)17/h2-4,8-9H,5-7H2,1H3,(H,18,22)(H,20,23)/t8-,9-/m1/s1. The number of aromatic amines is 1. The zero-order chi connectivity index (χ0) is 16.6. The second-order valence-corrected chi connectivity index (χ2v) is 6.02. The van der Waals surface area contributed by atoms with Crippen LogP contribution in [0.25, 0.3) is 0 Å². The minimum Gasteiger partial charge on any atom is -0.355 e. The van der Waals surface area contributed by atoms with Crippen LogP contribution < -0.4 is 5.32 Å². The van der Waals surface area contributed by atoms with Gasteiger partial charge in [0.25, 0.3) is 0 Å². The maximum Gasteiger partial charge on any atom is 0.223 e. The molecule has 2 N–H and O–H groups in total. The van der Waals surface area contributed by atoms with Crippen LogP contribution in [0.2, 0.25) is 0 Å². The van der Waals surface area contributed by atoms with Crippen molar-refractivity contribution in [1.82, 2.24) is 20.1 Å². The predicted molar refractivity (Wildman–Crippen MR) is 82.3 cm³/mol. The van der Waals surface area contributed by atoms with Gasteiger partial charge in [0.15, 0.2) is 4.77 Å². The predicted octanol–water partition coefficient (Wildman–Crippen LogP) is 2.22. The number of nitrogens with zero attached hydrogens (tertiary/aromatic N) is 2. The van der Waals surface area contributed by atoms with E-state index in [4.69, 9.17) is 12.2 Å². The van der Waals surface area contributed by atoms with Crippen molar-refractivity contribution in [2.45, 2.75) is 18.8 Å². The first-order valence-corrected chi connectivity index (χ1v) is 7.71. The molecule has 3 rings (SSSR count). The lowest BCUT2D eigenvalue weighted by Gasteiger charge is -2.06. The molecular weight excluding hydrogens is 322 g/mol. The molecule has 1 amide bonds. The molecule has 122 valence electrons. The molecule has 0 radical (unpaired) electrons. The van der Waals surface area contributed by atoms with Crippen molar-refractivity contribution >= 4 is 18.1 Å². The van der Waals surface area contributed by atoms with Gasteiger partial charge in [-0.1, -0.05) is 6.07 Å². The lowest BCUT2D eigenvalue weighted by Crippen LogP contribution is -2.28. The number of halogens is 2. The van der Waals surface area contributed by atoms with E-state index in [0.717, 1.165) is 5.82 Å². The number of nitrogens with one attached hydrogen (secondary N) is 2. The zero-order valence-corrected chi connectivity index (χ0v) is 13.3. The third-order valence-corrected chi connectivity index (χ3v) is 4.48. The maximum absolute atomic E-state index is 13.7. The minimum atomic E-state index is -0.591. The van der Waals surface area contributed by atoms with Gasteiger partial charge in [-0.2, -0.15) is 5.10 Å². The highest BCUT2D eigenvalue weighted by atomic mass is 32.1. The second kappa shape index (κ2) is 6.19. The van der Waals surface area contributed by atoms with Crippen molar-refractivity contribution in [3.63, 3.8) is 0 Å². The number of rotatable bonds is 5. The van der Waals surface area contributed by atoms with Crippen LogP contribution in [-0.4, -0.2) is 27.2 Å². The minimum absolute atomic E-state index is 0.0158. The van der Waals surface area contributed by atoms with Crippen molar-refractivity contribution < 1.29 is 13.6 Å². The van der Waals surface area contributed by atoms with Crippen LogP contribution in [0.4, 0.5) is 8.78 Å². The number of aromatic nitrogens is 3. The van der Waals surface area contributed by atoms with Crippen LogP contribution in [-0.2, 0) is 18.3 Å². The van der Waals surface area contributed by atoms with Gasteiger partial charge in [0, 0.05) is 37.4 Å². The van der Waals surface area contributed by atoms with Crippen LogP contribution in [0.1, 0.15) is 23.7 Å². The highest BCUT2D eigenvalue weighted by molar-refractivity contribution is 7.71. The Morgan fingerprint density at radius 2 is 2.17 bits per heavy atom. The summed E-state index contributed by atoms with van der Waals surface area (Å²) in [6.07, 6.45) is 0.997. The molecule has 0 saturated heterocycles. The normalized spacial score (nSPS) is 19.6. The Balaban J connectivity index is 1.55. The number of benzene rings is 1. The lowest BCUT2D eigenvalue weighted by molar-refractivity contribution is -0.122. The molecule has 2 atom stereocenters. The topological polar surface area (TPSA) is 62.7 Å². The fourth-order valence-corrected chi connectivity index (χ4v) is 2.85. The Hall–Kier alpha value is -2.09. The van der Waals surface area contributed by atoms with Crippen molar-refractivity contribution in [2.24, 2.45) is 13.0 Å². The van der Waals surface area contributed by atoms with Gasteiger partial charge >= 0.3 is 0 Å². The molecule has 23 heavy (non-hydrogen) atoms. The van der Waals surface area contributed by atoms with E-state index in [1.165, 1.54) is 18.2 Å². The average molecular weight is 338 g/mol. The number of carbonyl (C=O) groups excluding carboxylic acids is 1. The summed E-state index contributed by atoms with van der Waals surface area (Å²) in [6, 6.07) is 3.76. The first kappa shape index (κ1) is 15.8. The fraction of sp³-hybridized carbons (Fsp3) is 0.400. The van der Waals surface area contributed by atoms with Crippen LogP contribution >= 0.6 is 12.2 Å². The maximum atomic E-state index is 13.7. The van der Waals surface area contributed by atoms with Gasteiger partial charge in [-0.3, -0.25) is 9.89 Å². The largest absolute Gasteiger partial charge is 0.355 e. The smallest absolute Gasteiger partial charge is 0.223 e. The van der Waals surface area contributed by atoms with Gasteiger partial charge in [0.05, 0.1) is 0 Å². The molecule has 1 heterocycles. The summed E-state index contributed by atoms with van der Waals surface area (Å²) in [5, 5.41) is 9.51. The number of H-pyrrole nitrogens is 1. The van der Waals surface area contributed by atoms with E-state index in [1.807, 2.05) is 0 Å². The molecule has 1 aliphatic carbocycles. The highest BCUT2D eigenvalue weighted by Gasteiger charge is 2.46. The van der Waals surface area contributed by atoms with Gasteiger partial charge < -0.3 is 9.88 Å². The average Bonchev–Trinajstić information content (AvgIpc) is 3.23. The molecule has 0 spiro atoms. The van der Waals surface area contributed by atoms with E-state index in [9.17, 15) is 13.6 Å². The first-order chi connectivity index (χ1) is 11.0. The van der Waals surface area contributed by atoms with Crippen LogP contribution in [0.15, 0.2) is 18.2 Å². The highest BCUT2D eigenvalue weighted by Crippen LogP contribution is 2.49. The monoisotopic (exact) mass is 338 g/mol. The van der Waals surface area contributed by atoms with Crippen molar-refractivity contribution in [1.29, 1.82) is 0 Å². The number of carbonyl (C=O) groups is 1. The molecule has 1 aromatic carbocycles.